The Morgan fingerprint density at radius 2 is 1.83 bits per heavy atom. The molecule has 0 heterocycles. The molecule has 0 saturated heterocycles. The zero-order valence-electron chi connectivity index (χ0n) is 17.8. The fourth-order valence-corrected chi connectivity index (χ4v) is 2.59. The van der Waals surface area contributed by atoms with Gasteiger partial charge in [-0.05, 0) is 61.9 Å². The van der Waals surface area contributed by atoms with E-state index >= 15 is 0 Å². The number of nitrogens with one attached hydrogen (secondary N) is 1. The van der Waals surface area contributed by atoms with Gasteiger partial charge in [0.15, 0.2) is 5.96 Å². The van der Waals surface area contributed by atoms with Crippen molar-refractivity contribution in [3.8, 4) is 5.75 Å². The Labute approximate surface area is 191 Å². The van der Waals surface area contributed by atoms with Gasteiger partial charge in [-0.25, -0.2) is 4.99 Å². The number of nitrogens with zero attached hydrogens (tertiary/aromatic N) is 2. The molecule has 160 valence electrons. The molecule has 0 amide bonds. The second-order valence-corrected chi connectivity index (χ2v) is 6.92. The first-order valence-electron chi connectivity index (χ1n) is 9.51. The van der Waals surface area contributed by atoms with Crippen LogP contribution in [0.2, 0.25) is 0 Å². The van der Waals surface area contributed by atoms with Gasteiger partial charge < -0.3 is 25.4 Å². The molecular formula is C22H33IN4O2. The summed E-state index contributed by atoms with van der Waals surface area (Å²) in [6, 6.07) is 14.1. The second-order valence-electron chi connectivity index (χ2n) is 6.92. The van der Waals surface area contributed by atoms with Crippen LogP contribution in [0.5, 0.6) is 5.75 Å². The van der Waals surface area contributed by atoms with Gasteiger partial charge in [-0.15, -0.1) is 24.0 Å². The molecule has 0 aliphatic rings. The number of hydrogen-bond acceptors (Lipinski definition) is 4. The van der Waals surface area contributed by atoms with E-state index in [4.69, 9.17) is 15.2 Å². The molecule has 0 aliphatic carbocycles. The summed E-state index contributed by atoms with van der Waals surface area (Å²) in [5, 5.41) is 3.14. The Morgan fingerprint density at radius 1 is 1.07 bits per heavy atom. The first-order chi connectivity index (χ1) is 13.5. The van der Waals surface area contributed by atoms with E-state index in [1.807, 2.05) is 30.3 Å². The van der Waals surface area contributed by atoms with Crippen LogP contribution < -0.4 is 15.8 Å². The minimum atomic E-state index is 0. The van der Waals surface area contributed by atoms with E-state index in [0.717, 1.165) is 36.7 Å². The van der Waals surface area contributed by atoms with Crippen molar-refractivity contribution in [1.29, 1.82) is 0 Å². The molecule has 7 heteroatoms. The lowest BCUT2D eigenvalue weighted by atomic mass is 10.1. The van der Waals surface area contributed by atoms with E-state index in [1.165, 1.54) is 11.1 Å². The fraction of sp³-hybridized carbons (Fsp3) is 0.409. The van der Waals surface area contributed by atoms with Crippen LogP contribution in [0.1, 0.15) is 16.7 Å². The van der Waals surface area contributed by atoms with Gasteiger partial charge in [0.2, 0.25) is 0 Å². The number of hydrogen-bond donors (Lipinski definition) is 2. The third kappa shape index (κ3) is 9.47. The Bertz CT molecular complexity index is 783. The van der Waals surface area contributed by atoms with Crippen molar-refractivity contribution in [3.05, 3.63) is 59.2 Å². The van der Waals surface area contributed by atoms with Crippen LogP contribution in [0.15, 0.2) is 47.5 Å². The van der Waals surface area contributed by atoms with E-state index in [-0.39, 0.29) is 24.0 Å². The number of rotatable bonds is 10. The summed E-state index contributed by atoms with van der Waals surface area (Å²) in [6.45, 7) is 7.75. The van der Waals surface area contributed by atoms with Crippen LogP contribution >= 0.6 is 24.0 Å². The lowest BCUT2D eigenvalue weighted by molar-refractivity contribution is 0.150. The molecule has 0 bridgehead atoms. The van der Waals surface area contributed by atoms with Crippen molar-refractivity contribution in [2.24, 2.45) is 10.7 Å². The van der Waals surface area contributed by atoms with Crippen molar-refractivity contribution >= 4 is 35.6 Å². The van der Waals surface area contributed by atoms with Gasteiger partial charge in [-0.2, -0.15) is 0 Å². The highest BCUT2D eigenvalue weighted by Crippen LogP contribution is 2.15. The van der Waals surface area contributed by atoms with Crippen molar-refractivity contribution in [3.63, 3.8) is 0 Å². The average molecular weight is 512 g/mol. The van der Waals surface area contributed by atoms with Gasteiger partial charge in [0.25, 0.3) is 0 Å². The van der Waals surface area contributed by atoms with Crippen LogP contribution in [0.25, 0.3) is 0 Å². The first-order valence-corrected chi connectivity index (χ1v) is 9.51. The lowest BCUT2D eigenvalue weighted by Gasteiger charge is -2.16. The molecule has 0 radical (unpaired) electrons. The number of anilines is 1. The number of ether oxygens (including phenoxy) is 2. The average Bonchev–Trinajstić information content (AvgIpc) is 2.68. The summed E-state index contributed by atoms with van der Waals surface area (Å²) in [6.07, 6.45) is 0. The smallest absolute Gasteiger partial charge is 0.193 e. The normalized spacial score (nSPS) is 11.3. The monoisotopic (exact) mass is 512 g/mol. The predicted octanol–water partition coefficient (Wildman–Crippen LogP) is 3.81. The highest BCUT2D eigenvalue weighted by Gasteiger charge is 2.02. The third-order valence-corrected chi connectivity index (χ3v) is 4.53. The van der Waals surface area contributed by atoms with E-state index in [1.54, 1.807) is 7.11 Å². The number of methoxy groups -OCH3 is 1. The minimum absolute atomic E-state index is 0. The summed E-state index contributed by atoms with van der Waals surface area (Å²) >= 11 is 0. The molecule has 0 aromatic heterocycles. The minimum Gasteiger partial charge on any atom is -0.492 e. The molecule has 2 aromatic rings. The first kappa shape index (κ1) is 25.2. The maximum atomic E-state index is 6.03. The Balaban J connectivity index is 0.00000420. The molecule has 0 unspecified atom stereocenters. The zero-order valence-corrected chi connectivity index (χ0v) is 20.1. The van der Waals surface area contributed by atoms with Gasteiger partial charge in [-0.3, -0.25) is 0 Å². The molecule has 0 aliphatic heterocycles. The fourth-order valence-electron chi connectivity index (χ4n) is 2.59. The predicted molar refractivity (Wildman–Crippen MR) is 132 cm³/mol. The van der Waals surface area contributed by atoms with Gasteiger partial charge >= 0.3 is 0 Å². The van der Waals surface area contributed by atoms with Gasteiger partial charge in [0, 0.05) is 25.9 Å². The number of halogens is 1. The standard InChI is InChI=1S/C22H32N4O2.HI/c1-17-8-9-20(14-18(17)2)25-22(23)24-16-19-6-5-7-21(15-19)28-13-11-26(3)10-12-27-4;/h5-9,14-15H,10-13,16H2,1-4H3,(H3,23,24,25);1H. The molecule has 29 heavy (non-hydrogen) atoms. The van der Waals surface area contributed by atoms with Crippen LogP contribution in [0, 0.1) is 13.8 Å². The van der Waals surface area contributed by atoms with Crippen molar-refractivity contribution in [2.75, 3.05) is 45.8 Å². The lowest BCUT2D eigenvalue weighted by Crippen LogP contribution is -2.27. The second kappa shape index (κ2) is 13.4. The highest BCUT2D eigenvalue weighted by molar-refractivity contribution is 14.0. The maximum absolute atomic E-state index is 6.03. The summed E-state index contributed by atoms with van der Waals surface area (Å²) in [7, 11) is 3.77. The number of nitrogens with two attached hydrogens (primary N) is 1. The summed E-state index contributed by atoms with van der Waals surface area (Å²) in [5.74, 6) is 1.24. The Hall–Kier alpha value is -1.84. The quantitative estimate of drug-likeness (QED) is 0.288. The van der Waals surface area contributed by atoms with Crippen molar-refractivity contribution in [1.82, 2.24) is 4.90 Å². The van der Waals surface area contributed by atoms with Crippen molar-refractivity contribution in [2.45, 2.75) is 20.4 Å². The van der Waals surface area contributed by atoms with Crippen LogP contribution in [-0.4, -0.2) is 51.3 Å². The topological polar surface area (TPSA) is 72.1 Å². The molecule has 0 saturated carbocycles. The summed E-state index contributed by atoms with van der Waals surface area (Å²) in [4.78, 5) is 6.61. The summed E-state index contributed by atoms with van der Waals surface area (Å²) in [5.41, 5.74) is 10.5. The van der Waals surface area contributed by atoms with Gasteiger partial charge in [0.05, 0.1) is 13.2 Å². The van der Waals surface area contributed by atoms with E-state index in [2.05, 4.69) is 48.2 Å². The van der Waals surface area contributed by atoms with Gasteiger partial charge in [0.1, 0.15) is 12.4 Å². The molecule has 0 spiro atoms. The molecule has 2 rings (SSSR count). The van der Waals surface area contributed by atoms with Crippen LogP contribution in [0.3, 0.4) is 0 Å². The number of aliphatic imine (C=N–C) groups is 1. The Morgan fingerprint density at radius 3 is 2.55 bits per heavy atom. The molecule has 0 atom stereocenters. The number of aryl methyl sites for hydroxylation is 2. The molecule has 2 aromatic carbocycles. The summed E-state index contributed by atoms with van der Waals surface area (Å²) < 4.78 is 10.9. The largest absolute Gasteiger partial charge is 0.492 e. The maximum Gasteiger partial charge on any atom is 0.193 e. The Kier molecular flexibility index (Phi) is 11.6. The van der Waals surface area contributed by atoms with Gasteiger partial charge in [-0.1, -0.05) is 18.2 Å². The van der Waals surface area contributed by atoms with Crippen LogP contribution in [0.4, 0.5) is 5.69 Å². The van der Waals surface area contributed by atoms with E-state index in [9.17, 15) is 0 Å². The van der Waals surface area contributed by atoms with Crippen molar-refractivity contribution < 1.29 is 9.47 Å². The molecular weight excluding hydrogens is 479 g/mol. The van der Waals surface area contributed by atoms with E-state index in [0.29, 0.717) is 19.1 Å². The zero-order chi connectivity index (χ0) is 20.4. The number of benzene rings is 2. The van der Waals surface area contributed by atoms with E-state index < -0.39 is 0 Å². The molecule has 6 nitrogen and oxygen atoms in total. The number of likely N-dealkylation sites (N-methyl/N-ethyl adjacent to an activating group) is 1. The molecule has 3 N–H and O–H groups in total. The third-order valence-electron chi connectivity index (χ3n) is 4.53. The molecule has 0 fully saturated rings. The SMILES string of the molecule is COCCN(C)CCOc1cccc(CN=C(N)Nc2ccc(C)c(C)c2)c1.I. The highest BCUT2D eigenvalue weighted by atomic mass is 127. The number of guanidine groups is 1. The van der Waals surface area contributed by atoms with Crippen LogP contribution in [-0.2, 0) is 11.3 Å².